The maximum absolute atomic E-state index is 10.6. The van der Waals surface area contributed by atoms with Gasteiger partial charge in [0.05, 0.1) is 5.69 Å². The molecule has 3 N–H and O–H groups in total. The number of aromatic hydroxyl groups is 2. The van der Waals surface area contributed by atoms with E-state index in [9.17, 15) is 10.2 Å². The Balaban J connectivity index is 1.77. The van der Waals surface area contributed by atoms with Crippen molar-refractivity contribution in [1.82, 2.24) is 9.55 Å². The van der Waals surface area contributed by atoms with Crippen molar-refractivity contribution in [3.63, 3.8) is 0 Å². The van der Waals surface area contributed by atoms with E-state index in [0.29, 0.717) is 0 Å². The first-order valence-corrected chi connectivity index (χ1v) is 7.16. The summed E-state index contributed by atoms with van der Waals surface area (Å²) in [6, 6.07) is 7.81. The number of H-pyrrole nitrogens is 1. The summed E-state index contributed by atoms with van der Waals surface area (Å²) in [7, 11) is 0. The third-order valence-corrected chi connectivity index (χ3v) is 4.82. The van der Waals surface area contributed by atoms with Crippen LogP contribution in [0.15, 0.2) is 42.6 Å². The molecule has 2 aliphatic carbocycles. The highest BCUT2D eigenvalue weighted by atomic mass is 16.3. The minimum Gasteiger partial charge on any atom is -0.494 e. The molecule has 104 valence electrons. The normalized spacial score (nSPS) is 22.3. The molecule has 2 aromatic heterocycles. The highest BCUT2D eigenvalue weighted by molar-refractivity contribution is 5.82. The predicted octanol–water partition coefficient (Wildman–Crippen LogP) is 3.51. The van der Waals surface area contributed by atoms with Crippen LogP contribution in [-0.4, -0.2) is 19.8 Å². The monoisotopic (exact) mass is 278 g/mol. The van der Waals surface area contributed by atoms with E-state index in [1.165, 1.54) is 0 Å². The summed E-state index contributed by atoms with van der Waals surface area (Å²) >= 11 is 0. The summed E-state index contributed by atoms with van der Waals surface area (Å²) in [6.45, 7) is 0. The number of rotatable bonds is 1. The van der Waals surface area contributed by atoms with E-state index in [2.05, 4.69) is 17.1 Å². The van der Waals surface area contributed by atoms with Crippen molar-refractivity contribution in [3.8, 4) is 17.4 Å². The second kappa shape index (κ2) is 3.52. The summed E-state index contributed by atoms with van der Waals surface area (Å²) in [5, 5.41) is 22.2. The molecule has 4 heteroatoms. The Bertz CT molecular complexity index is 881. The fourth-order valence-electron chi connectivity index (χ4n) is 3.86. The maximum Gasteiger partial charge on any atom is 0.202 e. The molecule has 0 spiro atoms. The lowest BCUT2D eigenvalue weighted by Gasteiger charge is -2.10. The van der Waals surface area contributed by atoms with E-state index in [0.717, 1.165) is 34.1 Å². The fraction of sp³-hybridized carbons (Fsp3) is 0.176. The van der Waals surface area contributed by atoms with Gasteiger partial charge in [0.15, 0.2) is 0 Å². The van der Waals surface area contributed by atoms with Gasteiger partial charge >= 0.3 is 0 Å². The molecule has 0 saturated heterocycles. The van der Waals surface area contributed by atoms with Crippen LogP contribution in [0.25, 0.3) is 16.6 Å². The number of hydrogen-bond acceptors (Lipinski definition) is 2. The minimum absolute atomic E-state index is 0.175. The zero-order chi connectivity index (χ0) is 14.1. The highest BCUT2D eigenvalue weighted by Crippen LogP contribution is 2.57. The average Bonchev–Trinajstić information content (AvgIpc) is 3.22. The van der Waals surface area contributed by atoms with Crippen LogP contribution in [0.5, 0.6) is 11.8 Å². The van der Waals surface area contributed by atoms with E-state index < -0.39 is 0 Å². The molecule has 0 radical (unpaired) electrons. The van der Waals surface area contributed by atoms with Crippen LogP contribution in [0.2, 0.25) is 0 Å². The van der Waals surface area contributed by atoms with Crippen LogP contribution in [0, 0.1) is 0 Å². The van der Waals surface area contributed by atoms with E-state index in [4.69, 9.17) is 0 Å². The Kier molecular flexibility index (Phi) is 1.86. The van der Waals surface area contributed by atoms with Crippen molar-refractivity contribution in [2.24, 2.45) is 0 Å². The Morgan fingerprint density at radius 3 is 2.43 bits per heavy atom. The van der Waals surface area contributed by atoms with Gasteiger partial charge in [0.25, 0.3) is 0 Å². The van der Waals surface area contributed by atoms with E-state index in [-0.39, 0.29) is 23.6 Å². The van der Waals surface area contributed by atoms with Gasteiger partial charge in [-0.3, -0.25) is 4.57 Å². The Morgan fingerprint density at radius 1 is 1.00 bits per heavy atom. The number of aromatic amines is 1. The van der Waals surface area contributed by atoms with Gasteiger partial charge < -0.3 is 15.2 Å². The van der Waals surface area contributed by atoms with Gasteiger partial charge in [-0.2, -0.15) is 0 Å². The number of allylic oxidation sites excluding steroid dienone is 2. The molecule has 0 fully saturated rings. The SMILES string of the molecule is Oc1c2c(c(O)n1-c1ccc3[nH]ccc3c1)[C@H]1C=C[C@@H]2C1. The third kappa shape index (κ3) is 1.25. The van der Waals surface area contributed by atoms with Crippen molar-refractivity contribution in [2.75, 3.05) is 0 Å². The molecule has 0 saturated carbocycles. The summed E-state index contributed by atoms with van der Waals surface area (Å²) in [5.41, 5.74) is 3.62. The molecule has 2 bridgehead atoms. The molecule has 3 aromatic rings. The third-order valence-electron chi connectivity index (χ3n) is 4.82. The molecular formula is C17H14N2O2. The molecule has 5 rings (SSSR count). The smallest absolute Gasteiger partial charge is 0.202 e. The summed E-state index contributed by atoms with van der Waals surface area (Å²) in [5.74, 6) is 0.838. The zero-order valence-electron chi connectivity index (χ0n) is 11.2. The zero-order valence-corrected chi connectivity index (χ0v) is 11.2. The molecule has 2 aliphatic rings. The number of hydrogen-bond donors (Lipinski definition) is 3. The largest absolute Gasteiger partial charge is 0.494 e. The number of fused-ring (bicyclic) bond motifs is 6. The van der Waals surface area contributed by atoms with E-state index in [1.54, 1.807) is 4.57 Å². The Morgan fingerprint density at radius 2 is 1.71 bits per heavy atom. The quantitative estimate of drug-likeness (QED) is 0.596. The predicted molar refractivity (Wildman–Crippen MR) is 80.2 cm³/mol. The van der Waals surface area contributed by atoms with Crippen LogP contribution in [0.1, 0.15) is 29.4 Å². The molecule has 0 unspecified atom stereocenters. The van der Waals surface area contributed by atoms with E-state index in [1.807, 2.05) is 30.5 Å². The first-order valence-electron chi connectivity index (χ1n) is 7.16. The van der Waals surface area contributed by atoms with Crippen molar-refractivity contribution < 1.29 is 10.2 Å². The number of nitrogens with one attached hydrogen (secondary N) is 1. The van der Waals surface area contributed by atoms with Gasteiger partial charge in [-0.05, 0) is 30.7 Å². The van der Waals surface area contributed by atoms with Crippen LogP contribution in [0.3, 0.4) is 0 Å². The van der Waals surface area contributed by atoms with E-state index >= 15 is 0 Å². The lowest BCUT2D eigenvalue weighted by atomic mass is 10.0. The summed E-state index contributed by atoms with van der Waals surface area (Å²) < 4.78 is 1.56. The maximum atomic E-state index is 10.6. The first-order chi connectivity index (χ1) is 10.2. The molecule has 2 atom stereocenters. The van der Waals surface area contributed by atoms with Gasteiger partial charge in [-0.15, -0.1) is 0 Å². The number of aromatic nitrogens is 2. The lowest BCUT2D eigenvalue weighted by molar-refractivity contribution is 0.395. The molecule has 0 aliphatic heterocycles. The number of nitrogens with zero attached hydrogens (tertiary/aromatic N) is 1. The molecule has 4 nitrogen and oxygen atoms in total. The van der Waals surface area contributed by atoms with Gasteiger partial charge in [-0.25, -0.2) is 0 Å². The Labute approximate surface area is 121 Å². The fourth-order valence-corrected chi connectivity index (χ4v) is 3.86. The van der Waals surface area contributed by atoms with Crippen molar-refractivity contribution in [2.45, 2.75) is 18.3 Å². The van der Waals surface area contributed by atoms with Gasteiger partial charge in [0, 0.05) is 40.1 Å². The average molecular weight is 278 g/mol. The van der Waals surface area contributed by atoms with Crippen LogP contribution in [0.4, 0.5) is 0 Å². The summed E-state index contributed by atoms with van der Waals surface area (Å²) in [6.07, 6.45) is 7.12. The molecule has 2 heterocycles. The van der Waals surface area contributed by atoms with Crippen LogP contribution in [-0.2, 0) is 0 Å². The molecule has 0 amide bonds. The van der Waals surface area contributed by atoms with Crippen molar-refractivity contribution in [3.05, 3.63) is 53.7 Å². The Hall–Kier alpha value is -2.62. The second-order valence-electron chi connectivity index (χ2n) is 5.89. The van der Waals surface area contributed by atoms with Crippen LogP contribution < -0.4 is 0 Å². The molecular weight excluding hydrogens is 264 g/mol. The first kappa shape index (κ1) is 11.1. The standard InChI is InChI=1S/C17H14N2O2/c20-16-14-10-1-2-11(7-10)15(14)17(21)19(16)12-3-4-13-9(8-12)5-6-18-13/h1-6,8,10-11,18,20-21H,7H2/t10-,11+. The van der Waals surface area contributed by atoms with Crippen LogP contribution >= 0.6 is 0 Å². The highest BCUT2D eigenvalue weighted by Gasteiger charge is 2.41. The minimum atomic E-state index is 0.175. The second-order valence-corrected chi connectivity index (χ2v) is 5.89. The molecule has 1 aromatic carbocycles. The number of benzene rings is 1. The van der Waals surface area contributed by atoms with Gasteiger partial charge in [0.2, 0.25) is 11.8 Å². The topological polar surface area (TPSA) is 61.2 Å². The van der Waals surface area contributed by atoms with Crippen molar-refractivity contribution in [1.29, 1.82) is 0 Å². The summed E-state index contributed by atoms with van der Waals surface area (Å²) in [4.78, 5) is 3.15. The van der Waals surface area contributed by atoms with Gasteiger partial charge in [0.1, 0.15) is 0 Å². The van der Waals surface area contributed by atoms with Gasteiger partial charge in [-0.1, -0.05) is 12.2 Å². The molecule has 21 heavy (non-hydrogen) atoms. The van der Waals surface area contributed by atoms with Crippen molar-refractivity contribution >= 4 is 10.9 Å². The lowest BCUT2D eigenvalue weighted by Crippen LogP contribution is -1.95.